The summed E-state index contributed by atoms with van der Waals surface area (Å²) < 4.78 is 6.43. The number of rotatable bonds is 5. The van der Waals surface area contributed by atoms with Crippen molar-refractivity contribution in [2.24, 2.45) is 11.8 Å². The number of hydrogen-bond acceptors (Lipinski definition) is 2. The van der Waals surface area contributed by atoms with Crippen LogP contribution in [-0.4, -0.2) is 0 Å². The number of furan rings is 1. The summed E-state index contributed by atoms with van der Waals surface area (Å²) in [6.45, 7) is 4.77. The van der Waals surface area contributed by atoms with Crippen LogP contribution >= 0.6 is 0 Å². The molecule has 1 heterocycles. The molecule has 0 N–H and O–H groups in total. The molecule has 262 valence electrons. The summed E-state index contributed by atoms with van der Waals surface area (Å²) in [5.41, 5.74) is 15.3. The van der Waals surface area contributed by atoms with E-state index in [1.54, 1.807) is 0 Å². The van der Waals surface area contributed by atoms with E-state index < -0.39 is 0 Å². The van der Waals surface area contributed by atoms with Crippen LogP contribution in [0.4, 0.5) is 17.1 Å². The summed E-state index contributed by atoms with van der Waals surface area (Å²) in [5.74, 6) is 0.869. The minimum Gasteiger partial charge on any atom is -0.455 e. The van der Waals surface area contributed by atoms with E-state index in [1.807, 2.05) is 12.1 Å². The van der Waals surface area contributed by atoms with Gasteiger partial charge in [0.25, 0.3) is 0 Å². The minimum atomic E-state index is -0.175. The average molecular weight is 706 g/mol. The lowest BCUT2D eigenvalue weighted by molar-refractivity contribution is 0.658. The van der Waals surface area contributed by atoms with E-state index in [-0.39, 0.29) is 5.41 Å². The highest BCUT2D eigenvalue weighted by Crippen LogP contribution is 2.52. The van der Waals surface area contributed by atoms with Crippen LogP contribution in [0.25, 0.3) is 60.5 Å². The van der Waals surface area contributed by atoms with E-state index in [9.17, 15) is 0 Å². The van der Waals surface area contributed by atoms with Crippen molar-refractivity contribution in [1.82, 2.24) is 0 Å². The van der Waals surface area contributed by atoms with Gasteiger partial charge in [-0.1, -0.05) is 160 Å². The quantitative estimate of drug-likeness (QED) is 0.177. The van der Waals surface area contributed by atoms with Gasteiger partial charge in [-0.25, -0.2) is 0 Å². The molecule has 0 bridgehead atoms. The van der Waals surface area contributed by atoms with Gasteiger partial charge in [-0.05, 0) is 86.8 Å². The smallest absolute Gasteiger partial charge is 0.143 e. The van der Waals surface area contributed by atoms with Gasteiger partial charge in [0.05, 0.1) is 5.69 Å². The number of fused-ring (bicyclic) bond motifs is 8. The highest BCUT2D eigenvalue weighted by atomic mass is 16.3. The first-order valence-corrected chi connectivity index (χ1v) is 19.3. The van der Waals surface area contributed by atoms with Crippen LogP contribution in [0, 0.1) is 11.8 Å². The third kappa shape index (κ3) is 5.02. The van der Waals surface area contributed by atoms with Crippen molar-refractivity contribution in [3.8, 4) is 22.3 Å². The standard InChI is InChI=1S/C53H39NO/c1-53(2)48-32-39(38-22-21-34-11-3-4-13-37(34)31-38)25-29-44(48)45-30-28-41(33-49(45)53)54(50-19-9-14-35-12-5-6-15-42(35)50)40-26-23-36(24-27-40)43-17-10-18-47-46-16-7-8-20-51(46)55-52(43)47/h3-34,37H,1-2H3. The molecule has 3 aliphatic carbocycles. The van der Waals surface area contributed by atoms with Gasteiger partial charge in [0, 0.05) is 50.3 Å². The SMILES string of the molecule is CC1(C)c2cc(C3=CC4C=CC=CC4C=C3)ccc2-c2ccc(N(c3ccc(-c4cccc5c4oc4ccccc45)cc3)c3cccc4ccccc34)cc21. The molecule has 8 aromatic rings. The van der Waals surface area contributed by atoms with Gasteiger partial charge >= 0.3 is 0 Å². The molecule has 0 radical (unpaired) electrons. The van der Waals surface area contributed by atoms with Crippen molar-refractivity contribution >= 4 is 55.3 Å². The highest BCUT2D eigenvalue weighted by Gasteiger charge is 2.36. The predicted octanol–water partition coefficient (Wildman–Crippen LogP) is 14.5. The molecular weight excluding hydrogens is 667 g/mol. The Bertz CT molecular complexity index is 2960. The zero-order valence-electron chi connectivity index (χ0n) is 30.9. The van der Waals surface area contributed by atoms with Crippen LogP contribution in [0.15, 0.2) is 193 Å². The van der Waals surface area contributed by atoms with Gasteiger partial charge in [0.1, 0.15) is 11.2 Å². The molecule has 3 aliphatic rings. The summed E-state index contributed by atoms with van der Waals surface area (Å²) in [6, 6.07) is 53.2. The number of hydrogen-bond donors (Lipinski definition) is 0. The highest BCUT2D eigenvalue weighted by molar-refractivity contribution is 6.09. The lowest BCUT2D eigenvalue weighted by Gasteiger charge is -2.29. The van der Waals surface area contributed by atoms with Crippen LogP contribution in [0.2, 0.25) is 0 Å². The maximum absolute atomic E-state index is 6.43. The van der Waals surface area contributed by atoms with Gasteiger partial charge in [0.2, 0.25) is 0 Å². The van der Waals surface area contributed by atoms with Crippen molar-refractivity contribution in [3.63, 3.8) is 0 Å². The van der Waals surface area contributed by atoms with E-state index in [1.165, 1.54) is 44.2 Å². The van der Waals surface area contributed by atoms with Crippen LogP contribution in [-0.2, 0) is 5.41 Å². The first-order valence-electron chi connectivity index (χ1n) is 19.3. The molecule has 2 nitrogen and oxygen atoms in total. The lowest BCUT2D eigenvalue weighted by Crippen LogP contribution is -2.17. The zero-order valence-corrected chi connectivity index (χ0v) is 30.9. The minimum absolute atomic E-state index is 0.175. The van der Waals surface area contributed by atoms with Gasteiger partial charge in [-0.2, -0.15) is 0 Å². The Labute approximate surface area is 321 Å². The van der Waals surface area contributed by atoms with E-state index in [4.69, 9.17) is 4.42 Å². The number of para-hydroxylation sites is 2. The third-order valence-electron chi connectivity index (χ3n) is 12.2. The predicted molar refractivity (Wildman–Crippen MR) is 231 cm³/mol. The summed E-state index contributed by atoms with van der Waals surface area (Å²) in [6.07, 6.45) is 16.1. The normalized spacial score (nSPS) is 17.7. The maximum atomic E-state index is 6.43. The van der Waals surface area contributed by atoms with Gasteiger partial charge in [-0.15, -0.1) is 0 Å². The summed E-state index contributed by atoms with van der Waals surface area (Å²) in [4.78, 5) is 2.43. The topological polar surface area (TPSA) is 16.4 Å². The third-order valence-corrected chi connectivity index (χ3v) is 12.2. The Morgan fingerprint density at radius 3 is 2.07 bits per heavy atom. The second kappa shape index (κ2) is 12.2. The van der Waals surface area contributed by atoms with E-state index in [0.29, 0.717) is 11.8 Å². The molecular formula is C53H39NO. The fourth-order valence-corrected chi connectivity index (χ4v) is 9.31. The number of allylic oxidation sites excluding steroid dienone is 8. The fourth-order valence-electron chi connectivity index (χ4n) is 9.31. The fraction of sp³-hybridized carbons (Fsp3) is 0.0943. The molecule has 2 atom stereocenters. The van der Waals surface area contributed by atoms with Gasteiger partial charge in [-0.3, -0.25) is 0 Å². The molecule has 1 aromatic heterocycles. The van der Waals surface area contributed by atoms with Gasteiger partial charge in [0.15, 0.2) is 0 Å². The molecule has 0 spiro atoms. The van der Waals surface area contributed by atoms with Gasteiger partial charge < -0.3 is 9.32 Å². The molecule has 0 fully saturated rings. The molecule has 0 saturated carbocycles. The summed E-state index contributed by atoms with van der Waals surface area (Å²) in [5, 5.41) is 4.72. The van der Waals surface area contributed by atoms with Crippen molar-refractivity contribution < 1.29 is 4.42 Å². The molecule has 2 unspecified atom stereocenters. The van der Waals surface area contributed by atoms with E-state index >= 15 is 0 Å². The summed E-state index contributed by atoms with van der Waals surface area (Å²) in [7, 11) is 0. The van der Waals surface area contributed by atoms with Crippen LogP contribution in [0.3, 0.4) is 0 Å². The second-order valence-electron chi connectivity index (χ2n) is 15.7. The number of nitrogens with zero attached hydrogens (tertiary/aromatic N) is 1. The van der Waals surface area contributed by atoms with Crippen LogP contribution in [0.1, 0.15) is 30.5 Å². The maximum Gasteiger partial charge on any atom is 0.143 e. The monoisotopic (exact) mass is 705 g/mol. The van der Waals surface area contributed by atoms with E-state index in [0.717, 1.165) is 50.1 Å². The molecule has 0 aliphatic heterocycles. The number of anilines is 3. The molecule has 0 saturated heterocycles. The Hall–Kier alpha value is -6.64. The first-order chi connectivity index (χ1) is 27.0. The second-order valence-corrected chi connectivity index (χ2v) is 15.7. The first kappa shape index (κ1) is 31.8. The van der Waals surface area contributed by atoms with Crippen LogP contribution in [0.5, 0.6) is 0 Å². The van der Waals surface area contributed by atoms with Crippen molar-refractivity contribution in [1.29, 1.82) is 0 Å². The summed E-state index contributed by atoms with van der Waals surface area (Å²) >= 11 is 0. The Kier molecular flexibility index (Phi) is 7.06. The largest absolute Gasteiger partial charge is 0.455 e. The number of benzene rings is 7. The van der Waals surface area contributed by atoms with Crippen molar-refractivity contribution in [2.75, 3.05) is 4.90 Å². The van der Waals surface area contributed by atoms with Crippen molar-refractivity contribution in [2.45, 2.75) is 19.3 Å². The molecule has 55 heavy (non-hydrogen) atoms. The average Bonchev–Trinajstić information content (AvgIpc) is 3.73. The Balaban J connectivity index is 1.01. The molecule has 11 rings (SSSR count). The zero-order chi connectivity index (χ0) is 36.7. The van der Waals surface area contributed by atoms with Crippen LogP contribution < -0.4 is 4.90 Å². The lowest BCUT2D eigenvalue weighted by atomic mass is 9.79. The molecule has 7 aromatic carbocycles. The van der Waals surface area contributed by atoms with E-state index in [2.05, 4.69) is 195 Å². The van der Waals surface area contributed by atoms with Crippen molar-refractivity contribution in [3.05, 3.63) is 205 Å². The molecule has 0 amide bonds. The Morgan fingerprint density at radius 2 is 1.20 bits per heavy atom. The Morgan fingerprint density at radius 1 is 0.527 bits per heavy atom. The molecule has 2 heteroatoms.